The number of benzene rings is 1. The van der Waals surface area contributed by atoms with Gasteiger partial charge in [0.25, 0.3) is 0 Å². The second-order valence-electron chi connectivity index (χ2n) is 5.98. The van der Waals surface area contributed by atoms with Crippen molar-refractivity contribution in [2.45, 2.75) is 42.7 Å². The second kappa shape index (κ2) is 5.94. The summed E-state index contributed by atoms with van der Waals surface area (Å²) in [5, 5.41) is 3.16. The van der Waals surface area contributed by atoms with Crippen LogP contribution in [0.5, 0.6) is 5.75 Å². The molecule has 116 valence electrons. The molecular formula is C15H22N2O3S. The molecule has 2 saturated carbocycles. The van der Waals surface area contributed by atoms with Crippen LogP contribution in [-0.2, 0) is 10.0 Å². The number of hydrogen-bond acceptors (Lipinski definition) is 4. The lowest BCUT2D eigenvalue weighted by Gasteiger charge is -2.35. The molecule has 0 radical (unpaired) electrons. The number of rotatable bonds is 7. The summed E-state index contributed by atoms with van der Waals surface area (Å²) < 4.78 is 33.3. The summed E-state index contributed by atoms with van der Waals surface area (Å²) in [6, 6.07) is 7.01. The fourth-order valence-electron chi connectivity index (χ4n) is 2.66. The van der Waals surface area contributed by atoms with Crippen molar-refractivity contribution in [3.8, 4) is 5.75 Å². The third-order valence-corrected chi connectivity index (χ3v) is 5.58. The van der Waals surface area contributed by atoms with Gasteiger partial charge in [0, 0.05) is 6.04 Å². The fraction of sp³-hybridized carbons (Fsp3) is 0.600. The highest BCUT2D eigenvalue weighted by Gasteiger charge is 2.33. The number of nitrogens with one attached hydrogen (secondary N) is 2. The second-order valence-corrected chi connectivity index (χ2v) is 7.66. The van der Waals surface area contributed by atoms with E-state index in [1.54, 1.807) is 18.2 Å². The standard InChI is InChI=1S/C15H22N2O3S/c1-16-10-11-8-13(9-11)20-14-4-2-3-5-15(14)21(18,19)17-12-6-7-12/h2-5,11-13,16-17H,6-10H2,1H3. The van der Waals surface area contributed by atoms with Gasteiger partial charge in [-0.3, -0.25) is 0 Å². The monoisotopic (exact) mass is 310 g/mol. The van der Waals surface area contributed by atoms with Crippen LogP contribution in [0.3, 0.4) is 0 Å². The fourth-order valence-corrected chi connectivity index (χ4v) is 4.10. The first-order chi connectivity index (χ1) is 10.1. The Morgan fingerprint density at radius 1 is 1.24 bits per heavy atom. The zero-order valence-electron chi connectivity index (χ0n) is 12.2. The Morgan fingerprint density at radius 2 is 1.95 bits per heavy atom. The van der Waals surface area contributed by atoms with Gasteiger partial charge in [0.05, 0.1) is 6.10 Å². The first kappa shape index (κ1) is 14.8. The van der Waals surface area contributed by atoms with Gasteiger partial charge in [-0.25, -0.2) is 13.1 Å². The minimum atomic E-state index is -3.47. The Labute approximate surface area is 126 Å². The minimum absolute atomic E-state index is 0.103. The first-order valence-electron chi connectivity index (χ1n) is 7.51. The third kappa shape index (κ3) is 3.56. The van der Waals surface area contributed by atoms with E-state index in [2.05, 4.69) is 10.0 Å². The average molecular weight is 310 g/mol. The Kier molecular flexibility index (Phi) is 4.19. The molecule has 2 fully saturated rings. The Bertz CT molecular complexity index is 593. The SMILES string of the molecule is CNCC1CC(Oc2ccccc2S(=O)(=O)NC2CC2)C1. The molecule has 3 rings (SSSR count). The van der Waals surface area contributed by atoms with Crippen molar-refractivity contribution >= 4 is 10.0 Å². The summed E-state index contributed by atoms with van der Waals surface area (Å²) in [6.07, 6.45) is 3.93. The lowest BCUT2D eigenvalue weighted by molar-refractivity contribution is 0.0631. The van der Waals surface area contributed by atoms with Crippen LogP contribution in [-0.4, -0.2) is 34.2 Å². The minimum Gasteiger partial charge on any atom is -0.489 e. The van der Waals surface area contributed by atoms with Crippen LogP contribution in [0, 0.1) is 5.92 Å². The normalized spacial score (nSPS) is 25.4. The molecule has 0 spiro atoms. The van der Waals surface area contributed by atoms with Crippen LogP contribution in [0.4, 0.5) is 0 Å². The van der Waals surface area contributed by atoms with E-state index in [1.165, 1.54) is 0 Å². The molecule has 6 heteroatoms. The Morgan fingerprint density at radius 3 is 2.62 bits per heavy atom. The maximum atomic E-state index is 12.4. The first-order valence-corrected chi connectivity index (χ1v) is 8.99. The molecule has 2 aliphatic rings. The van der Waals surface area contributed by atoms with Crippen molar-refractivity contribution in [2.24, 2.45) is 5.92 Å². The molecule has 0 unspecified atom stereocenters. The summed E-state index contributed by atoms with van der Waals surface area (Å²) in [5.41, 5.74) is 0. The average Bonchev–Trinajstić information content (AvgIpc) is 3.20. The lowest BCUT2D eigenvalue weighted by atomic mass is 9.82. The van der Waals surface area contributed by atoms with Gasteiger partial charge >= 0.3 is 0 Å². The van der Waals surface area contributed by atoms with Crippen molar-refractivity contribution in [1.82, 2.24) is 10.0 Å². The zero-order valence-corrected chi connectivity index (χ0v) is 13.0. The van der Waals surface area contributed by atoms with Crippen LogP contribution in [0.1, 0.15) is 25.7 Å². The van der Waals surface area contributed by atoms with Gasteiger partial charge in [0.15, 0.2) is 0 Å². The predicted molar refractivity (Wildman–Crippen MR) is 80.9 cm³/mol. The van der Waals surface area contributed by atoms with Gasteiger partial charge in [-0.05, 0) is 57.3 Å². The molecule has 0 aliphatic heterocycles. The molecule has 0 bridgehead atoms. The van der Waals surface area contributed by atoms with E-state index in [1.807, 2.05) is 13.1 Å². The van der Waals surface area contributed by atoms with E-state index < -0.39 is 10.0 Å². The molecule has 1 aromatic carbocycles. The zero-order chi connectivity index (χ0) is 14.9. The highest BCUT2D eigenvalue weighted by Crippen LogP contribution is 2.34. The molecule has 1 aromatic rings. The molecule has 0 atom stereocenters. The van der Waals surface area contributed by atoms with Crippen molar-refractivity contribution < 1.29 is 13.2 Å². The van der Waals surface area contributed by atoms with E-state index in [4.69, 9.17) is 4.74 Å². The molecule has 2 N–H and O–H groups in total. The molecule has 2 aliphatic carbocycles. The van der Waals surface area contributed by atoms with Crippen LogP contribution in [0.15, 0.2) is 29.2 Å². The topological polar surface area (TPSA) is 67.4 Å². The number of para-hydroxylation sites is 1. The summed E-state index contributed by atoms with van der Waals surface area (Å²) in [4.78, 5) is 0.258. The lowest BCUT2D eigenvalue weighted by Crippen LogP contribution is -2.39. The van der Waals surface area contributed by atoms with E-state index in [0.29, 0.717) is 11.7 Å². The maximum absolute atomic E-state index is 12.4. The predicted octanol–water partition coefficient (Wildman–Crippen LogP) is 1.50. The smallest absolute Gasteiger partial charge is 0.244 e. The quantitative estimate of drug-likeness (QED) is 0.801. The van der Waals surface area contributed by atoms with Gasteiger partial charge in [-0.15, -0.1) is 0 Å². The molecular weight excluding hydrogens is 288 g/mol. The van der Waals surface area contributed by atoms with E-state index in [-0.39, 0.29) is 17.0 Å². The third-order valence-electron chi connectivity index (χ3n) is 4.02. The van der Waals surface area contributed by atoms with Crippen molar-refractivity contribution in [3.05, 3.63) is 24.3 Å². The molecule has 21 heavy (non-hydrogen) atoms. The molecule has 5 nitrogen and oxygen atoms in total. The van der Waals surface area contributed by atoms with E-state index >= 15 is 0 Å². The Balaban J connectivity index is 1.68. The summed E-state index contributed by atoms with van der Waals surface area (Å²) in [6.45, 7) is 0.989. The largest absolute Gasteiger partial charge is 0.489 e. The van der Waals surface area contributed by atoms with Crippen LogP contribution in [0.2, 0.25) is 0 Å². The van der Waals surface area contributed by atoms with Crippen molar-refractivity contribution in [2.75, 3.05) is 13.6 Å². The van der Waals surface area contributed by atoms with Gasteiger partial charge in [0.2, 0.25) is 10.0 Å². The van der Waals surface area contributed by atoms with Crippen molar-refractivity contribution in [1.29, 1.82) is 0 Å². The highest BCUT2D eigenvalue weighted by molar-refractivity contribution is 7.89. The van der Waals surface area contributed by atoms with Crippen molar-refractivity contribution in [3.63, 3.8) is 0 Å². The molecule has 0 heterocycles. The molecule has 0 saturated heterocycles. The maximum Gasteiger partial charge on any atom is 0.244 e. The molecule has 0 aromatic heterocycles. The highest BCUT2D eigenvalue weighted by atomic mass is 32.2. The number of sulfonamides is 1. The van der Waals surface area contributed by atoms with Crippen LogP contribution >= 0.6 is 0 Å². The van der Waals surface area contributed by atoms with Gasteiger partial charge in [-0.2, -0.15) is 0 Å². The van der Waals surface area contributed by atoms with Gasteiger partial charge in [-0.1, -0.05) is 12.1 Å². The number of hydrogen-bond donors (Lipinski definition) is 2. The van der Waals surface area contributed by atoms with Crippen LogP contribution in [0.25, 0.3) is 0 Å². The van der Waals surface area contributed by atoms with Gasteiger partial charge < -0.3 is 10.1 Å². The number of ether oxygens (including phenoxy) is 1. The summed E-state index contributed by atoms with van der Waals surface area (Å²) in [7, 11) is -1.52. The summed E-state index contributed by atoms with van der Waals surface area (Å²) in [5.74, 6) is 1.10. The Hall–Kier alpha value is -1.11. The molecule has 0 amide bonds. The van der Waals surface area contributed by atoms with E-state index in [0.717, 1.165) is 32.2 Å². The van der Waals surface area contributed by atoms with Crippen LogP contribution < -0.4 is 14.8 Å². The van der Waals surface area contributed by atoms with E-state index in [9.17, 15) is 8.42 Å². The van der Waals surface area contributed by atoms with Gasteiger partial charge in [0.1, 0.15) is 10.6 Å². The summed E-state index contributed by atoms with van der Waals surface area (Å²) >= 11 is 0.